The second-order valence-corrected chi connectivity index (χ2v) is 8.73. The average Bonchev–Trinajstić information content (AvgIpc) is 2.79. The minimum atomic E-state index is -4.55. The van der Waals surface area contributed by atoms with E-state index in [0.29, 0.717) is 4.47 Å². The summed E-state index contributed by atoms with van der Waals surface area (Å²) >= 11 is 15.4. The Bertz CT molecular complexity index is 1250. The van der Waals surface area contributed by atoms with Gasteiger partial charge in [0.25, 0.3) is 5.60 Å². The van der Waals surface area contributed by atoms with Crippen LogP contribution < -0.4 is 9.47 Å². The largest absolute Gasteiger partial charge is 0.492 e. The van der Waals surface area contributed by atoms with Crippen molar-refractivity contribution >= 4 is 44.9 Å². The summed E-state index contributed by atoms with van der Waals surface area (Å²) in [5.41, 5.74) is -2.71. The number of alkyl halides is 3. The lowest BCUT2D eigenvalue weighted by Crippen LogP contribution is -2.41. The number of benzene rings is 3. The van der Waals surface area contributed by atoms with Crippen molar-refractivity contribution in [1.29, 1.82) is 5.26 Å². The molecule has 1 atom stereocenters. The fraction of sp³-hybridized carbons (Fsp3) is 0.167. The SMILES string of the molecule is N#CC(Oc1ccccc1Cl)(C(=O)CCOc1ccc(C(F)(F)F)cc1Cl)c1cccc(Br)c1. The number of hydrogen-bond donors (Lipinski definition) is 0. The Balaban J connectivity index is 1.85. The summed E-state index contributed by atoms with van der Waals surface area (Å²) < 4.78 is 50.4. The summed E-state index contributed by atoms with van der Waals surface area (Å²) in [5.74, 6) is -0.540. The normalized spacial score (nSPS) is 13.0. The first-order valence-electron chi connectivity index (χ1n) is 9.70. The Morgan fingerprint density at radius 3 is 2.29 bits per heavy atom. The predicted octanol–water partition coefficient (Wildman–Crippen LogP) is 7.61. The maximum absolute atomic E-state index is 13.3. The Labute approximate surface area is 211 Å². The summed E-state index contributed by atoms with van der Waals surface area (Å²) in [6.07, 6.45) is -4.85. The number of halogens is 6. The van der Waals surface area contributed by atoms with Crippen LogP contribution in [0, 0.1) is 11.3 Å². The molecule has 3 aromatic rings. The van der Waals surface area contributed by atoms with Gasteiger partial charge in [0.1, 0.15) is 17.6 Å². The van der Waals surface area contributed by atoms with Gasteiger partial charge in [0.2, 0.25) is 0 Å². The summed E-state index contributed by atoms with van der Waals surface area (Å²) in [5, 5.41) is 10.0. The highest BCUT2D eigenvalue weighted by Crippen LogP contribution is 2.36. The van der Waals surface area contributed by atoms with E-state index in [-0.39, 0.29) is 40.1 Å². The quantitative estimate of drug-likeness (QED) is 0.279. The Kier molecular flexibility index (Phi) is 8.13. The van der Waals surface area contributed by atoms with Gasteiger partial charge in [-0.25, -0.2) is 0 Å². The Morgan fingerprint density at radius 1 is 0.941 bits per heavy atom. The van der Waals surface area contributed by atoms with Gasteiger partial charge in [-0.05, 0) is 42.5 Å². The van der Waals surface area contributed by atoms with Gasteiger partial charge in [0.15, 0.2) is 5.78 Å². The smallest absolute Gasteiger partial charge is 0.416 e. The van der Waals surface area contributed by atoms with Crippen LogP contribution in [0.5, 0.6) is 11.5 Å². The lowest BCUT2D eigenvalue weighted by molar-refractivity contribution is -0.137. The molecule has 0 heterocycles. The molecule has 0 spiro atoms. The number of hydrogen-bond acceptors (Lipinski definition) is 4. The van der Waals surface area contributed by atoms with Crippen molar-refractivity contribution in [3.63, 3.8) is 0 Å². The number of ketones is 1. The number of rotatable bonds is 8. The first-order valence-corrected chi connectivity index (χ1v) is 11.3. The molecule has 4 nitrogen and oxygen atoms in total. The van der Waals surface area contributed by atoms with Crippen molar-refractivity contribution in [2.24, 2.45) is 0 Å². The summed E-state index contributed by atoms with van der Waals surface area (Å²) in [7, 11) is 0. The Hall–Kier alpha value is -2.73. The van der Waals surface area contributed by atoms with Crippen LogP contribution in [0.2, 0.25) is 10.0 Å². The molecular formula is C24H15BrCl2F3NO3. The fourth-order valence-electron chi connectivity index (χ4n) is 3.05. The minimum Gasteiger partial charge on any atom is -0.492 e. The maximum atomic E-state index is 13.3. The van der Waals surface area contributed by atoms with Crippen LogP contribution in [0.15, 0.2) is 71.2 Å². The predicted molar refractivity (Wildman–Crippen MR) is 125 cm³/mol. The second kappa shape index (κ2) is 10.7. The number of Topliss-reactive ketones (excluding diaryl/α,β-unsaturated/α-hetero) is 1. The molecule has 0 amide bonds. The highest BCUT2D eigenvalue weighted by Gasteiger charge is 2.43. The monoisotopic (exact) mass is 571 g/mol. The molecule has 0 aromatic heterocycles. The van der Waals surface area contributed by atoms with Crippen molar-refractivity contribution in [2.45, 2.75) is 18.2 Å². The number of ether oxygens (including phenoxy) is 2. The number of nitriles is 1. The lowest BCUT2D eigenvalue weighted by atomic mass is 9.89. The summed E-state index contributed by atoms with van der Waals surface area (Å²) in [4.78, 5) is 13.3. The molecule has 0 saturated carbocycles. The maximum Gasteiger partial charge on any atom is 0.416 e. The third-order valence-corrected chi connectivity index (χ3v) is 5.83. The molecule has 34 heavy (non-hydrogen) atoms. The molecule has 10 heteroatoms. The molecule has 0 aliphatic carbocycles. The number of carbonyl (C=O) groups excluding carboxylic acids is 1. The van der Waals surface area contributed by atoms with Crippen molar-refractivity contribution in [2.75, 3.05) is 6.61 Å². The fourth-order valence-corrected chi connectivity index (χ4v) is 3.86. The molecule has 0 aliphatic heterocycles. The molecule has 0 N–H and O–H groups in total. The van der Waals surface area contributed by atoms with E-state index in [9.17, 15) is 23.2 Å². The molecule has 3 rings (SSSR count). The zero-order chi connectivity index (χ0) is 24.9. The molecule has 176 valence electrons. The van der Waals surface area contributed by atoms with E-state index < -0.39 is 23.1 Å². The van der Waals surface area contributed by atoms with Gasteiger partial charge in [0, 0.05) is 16.5 Å². The highest BCUT2D eigenvalue weighted by molar-refractivity contribution is 9.10. The van der Waals surface area contributed by atoms with Crippen molar-refractivity contribution in [3.8, 4) is 17.6 Å². The molecule has 0 radical (unpaired) electrons. The minimum absolute atomic E-state index is 0.0282. The highest BCUT2D eigenvalue weighted by atomic mass is 79.9. The zero-order valence-corrected chi connectivity index (χ0v) is 20.3. The van der Waals surface area contributed by atoms with E-state index in [2.05, 4.69) is 15.9 Å². The summed E-state index contributed by atoms with van der Waals surface area (Å²) in [6, 6.07) is 17.5. The number of para-hydroxylation sites is 1. The van der Waals surface area contributed by atoms with Gasteiger partial charge in [-0.1, -0.05) is 63.4 Å². The van der Waals surface area contributed by atoms with E-state index in [4.69, 9.17) is 32.7 Å². The van der Waals surface area contributed by atoms with Gasteiger partial charge in [-0.3, -0.25) is 4.79 Å². The van der Waals surface area contributed by atoms with Crippen molar-refractivity contribution in [1.82, 2.24) is 0 Å². The van der Waals surface area contributed by atoms with Crippen LogP contribution >= 0.6 is 39.1 Å². The standard InChI is InChI=1S/C24H15BrCl2F3NO3/c25-17-5-3-4-15(12-17)23(14-31,34-21-7-2-1-6-18(21)26)22(32)10-11-33-20-9-8-16(13-19(20)27)24(28,29)30/h1-9,12-13H,10-11H2. The Morgan fingerprint density at radius 2 is 1.68 bits per heavy atom. The van der Waals surface area contributed by atoms with Gasteiger partial charge >= 0.3 is 6.18 Å². The molecule has 0 fully saturated rings. The van der Waals surface area contributed by atoms with Gasteiger partial charge in [-0.15, -0.1) is 0 Å². The van der Waals surface area contributed by atoms with Crippen LogP contribution in [-0.2, 0) is 16.6 Å². The molecule has 1 unspecified atom stereocenters. The van der Waals surface area contributed by atoms with E-state index in [1.807, 2.05) is 6.07 Å². The van der Waals surface area contributed by atoms with E-state index in [1.165, 1.54) is 6.07 Å². The van der Waals surface area contributed by atoms with Crippen LogP contribution in [0.3, 0.4) is 0 Å². The third kappa shape index (κ3) is 5.84. The summed E-state index contributed by atoms with van der Waals surface area (Å²) in [6.45, 7) is -0.257. The third-order valence-electron chi connectivity index (χ3n) is 4.73. The first kappa shape index (κ1) is 25.9. The topological polar surface area (TPSA) is 59.3 Å². The van der Waals surface area contributed by atoms with Crippen LogP contribution in [0.1, 0.15) is 17.5 Å². The van der Waals surface area contributed by atoms with Crippen molar-refractivity contribution < 1.29 is 27.4 Å². The number of carbonyl (C=O) groups is 1. The van der Waals surface area contributed by atoms with Gasteiger partial charge in [-0.2, -0.15) is 18.4 Å². The van der Waals surface area contributed by atoms with Crippen LogP contribution in [0.25, 0.3) is 0 Å². The number of nitrogens with zero attached hydrogens (tertiary/aromatic N) is 1. The first-order chi connectivity index (χ1) is 16.1. The van der Waals surface area contributed by atoms with E-state index >= 15 is 0 Å². The molecule has 3 aromatic carbocycles. The van der Waals surface area contributed by atoms with Crippen LogP contribution in [-0.4, -0.2) is 12.4 Å². The van der Waals surface area contributed by atoms with Crippen molar-refractivity contribution in [3.05, 3.63) is 92.4 Å². The lowest BCUT2D eigenvalue weighted by Gasteiger charge is -2.27. The van der Waals surface area contributed by atoms with E-state index in [0.717, 1.165) is 18.2 Å². The average molecular weight is 573 g/mol. The molecule has 0 bridgehead atoms. The van der Waals surface area contributed by atoms with E-state index in [1.54, 1.807) is 42.5 Å². The zero-order valence-electron chi connectivity index (χ0n) is 17.2. The molecular weight excluding hydrogens is 558 g/mol. The molecule has 0 aliphatic rings. The van der Waals surface area contributed by atoms with Gasteiger partial charge in [0.05, 0.1) is 22.2 Å². The van der Waals surface area contributed by atoms with Crippen LogP contribution in [0.4, 0.5) is 13.2 Å². The van der Waals surface area contributed by atoms with Gasteiger partial charge < -0.3 is 9.47 Å². The molecule has 0 saturated heterocycles. The second-order valence-electron chi connectivity index (χ2n) is 7.00.